The second-order valence-corrected chi connectivity index (χ2v) is 4.36. The number of allylic oxidation sites excluding steroid dienone is 1. The third-order valence-corrected chi connectivity index (χ3v) is 2.93. The molecule has 0 heterocycles. The van der Waals surface area contributed by atoms with E-state index in [9.17, 15) is 14.9 Å². The van der Waals surface area contributed by atoms with Gasteiger partial charge in [-0.15, -0.1) is 0 Å². The molecule has 0 unspecified atom stereocenters. The van der Waals surface area contributed by atoms with Gasteiger partial charge >= 0.3 is 0 Å². The van der Waals surface area contributed by atoms with Gasteiger partial charge in [0.15, 0.2) is 0 Å². The number of para-hydroxylation sites is 1. The summed E-state index contributed by atoms with van der Waals surface area (Å²) >= 11 is 5.58. The van der Waals surface area contributed by atoms with Crippen molar-refractivity contribution in [1.29, 1.82) is 0 Å². The standard InChI is InChI=1S/C15H10ClNO3/c16-15(18)13(11-6-2-1-3-7-11)10-12-8-4-5-9-14(12)17(19)20/h1-10H/b13-10-. The summed E-state index contributed by atoms with van der Waals surface area (Å²) in [5.41, 5.74) is 1.11. The van der Waals surface area contributed by atoms with E-state index in [4.69, 9.17) is 11.6 Å². The summed E-state index contributed by atoms with van der Waals surface area (Å²) in [6.07, 6.45) is 1.43. The van der Waals surface area contributed by atoms with Crippen LogP contribution in [0.25, 0.3) is 11.6 Å². The minimum atomic E-state index is -0.658. The first kappa shape index (κ1) is 14.0. The van der Waals surface area contributed by atoms with E-state index in [2.05, 4.69) is 0 Å². The maximum absolute atomic E-state index is 11.6. The maximum Gasteiger partial charge on any atom is 0.276 e. The van der Waals surface area contributed by atoms with E-state index in [0.717, 1.165) is 0 Å². The Morgan fingerprint density at radius 3 is 2.25 bits per heavy atom. The van der Waals surface area contributed by atoms with Crippen LogP contribution in [0.5, 0.6) is 0 Å². The zero-order valence-corrected chi connectivity index (χ0v) is 11.1. The molecule has 0 aliphatic rings. The number of hydrogen-bond acceptors (Lipinski definition) is 3. The SMILES string of the molecule is O=C(Cl)/C(=C\c1ccccc1[N+](=O)[O-])c1ccccc1. The van der Waals surface area contributed by atoms with E-state index < -0.39 is 10.2 Å². The molecule has 4 nitrogen and oxygen atoms in total. The maximum atomic E-state index is 11.6. The van der Waals surface area contributed by atoms with Crippen LogP contribution in [0.1, 0.15) is 11.1 Å². The number of nitro benzene ring substituents is 1. The van der Waals surface area contributed by atoms with Gasteiger partial charge in [-0.05, 0) is 29.3 Å². The van der Waals surface area contributed by atoms with Crippen LogP contribution in [-0.2, 0) is 4.79 Å². The van der Waals surface area contributed by atoms with Crippen LogP contribution in [0.2, 0.25) is 0 Å². The van der Waals surface area contributed by atoms with Gasteiger partial charge in [-0.1, -0.05) is 42.5 Å². The monoisotopic (exact) mass is 287 g/mol. The van der Waals surface area contributed by atoms with Crippen molar-refractivity contribution in [2.45, 2.75) is 0 Å². The van der Waals surface area contributed by atoms with Crippen LogP contribution in [0.4, 0.5) is 5.69 Å². The highest BCUT2D eigenvalue weighted by Crippen LogP contribution is 2.25. The summed E-state index contributed by atoms with van der Waals surface area (Å²) in [5.74, 6) is 0. The van der Waals surface area contributed by atoms with Crippen LogP contribution in [0.3, 0.4) is 0 Å². The van der Waals surface area contributed by atoms with Crippen molar-refractivity contribution in [3.05, 3.63) is 75.8 Å². The van der Waals surface area contributed by atoms with E-state index in [-0.39, 0.29) is 11.3 Å². The van der Waals surface area contributed by atoms with Gasteiger partial charge in [0.1, 0.15) is 0 Å². The Hall–Kier alpha value is -2.46. The molecule has 0 saturated heterocycles. The smallest absolute Gasteiger partial charge is 0.276 e. The van der Waals surface area contributed by atoms with Crippen LogP contribution in [0, 0.1) is 10.1 Å². The molecule has 2 aromatic carbocycles. The minimum absolute atomic E-state index is 0.0705. The number of halogens is 1. The first-order chi connectivity index (χ1) is 9.59. The van der Waals surface area contributed by atoms with Crippen molar-refractivity contribution < 1.29 is 9.72 Å². The lowest BCUT2D eigenvalue weighted by Crippen LogP contribution is -1.95. The van der Waals surface area contributed by atoms with Gasteiger partial charge in [0, 0.05) is 11.6 Å². The molecule has 0 aromatic heterocycles. The third-order valence-electron chi connectivity index (χ3n) is 2.73. The second kappa shape index (κ2) is 6.12. The largest absolute Gasteiger partial charge is 0.276 e. The molecule has 0 bridgehead atoms. The third kappa shape index (κ3) is 3.10. The molecule has 0 N–H and O–H groups in total. The topological polar surface area (TPSA) is 60.2 Å². The summed E-state index contributed by atoms with van der Waals surface area (Å²) in [6, 6.07) is 15.0. The second-order valence-electron chi connectivity index (χ2n) is 4.01. The molecule has 2 aromatic rings. The molecular formula is C15H10ClNO3. The van der Waals surface area contributed by atoms with Crippen molar-refractivity contribution in [2.24, 2.45) is 0 Å². The molecule has 0 aliphatic carbocycles. The highest BCUT2D eigenvalue weighted by atomic mass is 35.5. The van der Waals surface area contributed by atoms with E-state index in [1.54, 1.807) is 42.5 Å². The molecule has 0 fully saturated rings. The molecule has 0 aliphatic heterocycles. The Labute approximate surface area is 120 Å². The zero-order valence-electron chi connectivity index (χ0n) is 10.3. The van der Waals surface area contributed by atoms with Crippen molar-refractivity contribution in [3.8, 4) is 0 Å². The number of nitrogens with zero attached hydrogens (tertiary/aromatic N) is 1. The number of hydrogen-bond donors (Lipinski definition) is 0. The van der Waals surface area contributed by atoms with Gasteiger partial charge in [0.25, 0.3) is 10.9 Å². The van der Waals surface area contributed by atoms with Crippen LogP contribution < -0.4 is 0 Å². The number of carbonyl (C=O) groups is 1. The lowest BCUT2D eigenvalue weighted by atomic mass is 10.0. The molecule has 2 rings (SSSR count). The summed E-state index contributed by atoms with van der Waals surface area (Å²) in [5, 5.41) is 10.3. The summed E-state index contributed by atoms with van der Waals surface area (Å²) in [7, 11) is 0. The molecule has 20 heavy (non-hydrogen) atoms. The molecule has 0 atom stereocenters. The van der Waals surface area contributed by atoms with Crippen molar-refractivity contribution in [3.63, 3.8) is 0 Å². The predicted molar refractivity (Wildman–Crippen MR) is 78.3 cm³/mol. The van der Waals surface area contributed by atoms with Crippen LogP contribution in [0.15, 0.2) is 54.6 Å². The average molecular weight is 288 g/mol. The number of rotatable bonds is 4. The molecule has 0 amide bonds. The van der Waals surface area contributed by atoms with Gasteiger partial charge in [0.2, 0.25) is 0 Å². The van der Waals surface area contributed by atoms with E-state index in [0.29, 0.717) is 11.1 Å². The van der Waals surface area contributed by atoms with Gasteiger partial charge in [-0.3, -0.25) is 14.9 Å². The van der Waals surface area contributed by atoms with E-state index in [1.807, 2.05) is 6.07 Å². The first-order valence-electron chi connectivity index (χ1n) is 5.80. The van der Waals surface area contributed by atoms with Crippen LogP contribution in [-0.4, -0.2) is 10.2 Å². The van der Waals surface area contributed by atoms with Crippen LogP contribution >= 0.6 is 11.6 Å². The summed E-state index contributed by atoms with van der Waals surface area (Å²) < 4.78 is 0. The fourth-order valence-corrected chi connectivity index (χ4v) is 1.97. The minimum Gasteiger partial charge on any atom is -0.276 e. The summed E-state index contributed by atoms with van der Waals surface area (Å²) in [4.78, 5) is 22.0. The van der Waals surface area contributed by atoms with Crippen molar-refractivity contribution in [1.82, 2.24) is 0 Å². The quantitative estimate of drug-likeness (QED) is 0.282. The van der Waals surface area contributed by atoms with Crippen molar-refractivity contribution >= 4 is 34.2 Å². The van der Waals surface area contributed by atoms with Gasteiger partial charge in [-0.2, -0.15) is 0 Å². The molecule has 5 heteroatoms. The first-order valence-corrected chi connectivity index (χ1v) is 6.18. The molecule has 0 radical (unpaired) electrons. The Balaban J connectivity index is 2.56. The fourth-order valence-electron chi connectivity index (χ4n) is 1.80. The number of nitro groups is 1. The van der Waals surface area contributed by atoms with Crippen molar-refractivity contribution in [2.75, 3.05) is 0 Å². The zero-order chi connectivity index (χ0) is 14.5. The normalized spacial score (nSPS) is 11.2. The van der Waals surface area contributed by atoms with Gasteiger partial charge in [0.05, 0.1) is 10.5 Å². The Morgan fingerprint density at radius 2 is 1.65 bits per heavy atom. The van der Waals surface area contributed by atoms with Gasteiger partial charge < -0.3 is 0 Å². The Kier molecular flexibility index (Phi) is 4.27. The van der Waals surface area contributed by atoms with E-state index >= 15 is 0 Å². The molecular weight excluding hydrogens is 278 g/mol. The highest BCUT2D eigenvalue weighted by Gasteiger charge is 2.14. The fraction of sp³-hybridized carbons (Fsp3) is 0. The lowest BCUT2D eigenvalue weighted by molar-refractivity contribution is -0.385. The Morgan fingerprint density at radius 1 is 1.05 bits per heavy atom. The predicted octanol–water partition coefficient (Wildman–Crippen LogP) is 3.90. The molecule has 0 saturated carbocycles. The summed E-state index contributed by atoms with van der Waals surface area (Å²) in [6.45, 7) is 0. The number of carbonyl (C=O) groups excluding carboxylic acids is 1. The highest BCUT2D eigenvalue weighted by molar-refractivity contribution is 6.75. The van der Waals surface area contributed by atoms with Gasteiger partial charge in [-0.25, -0.2) is 0 Å². The lowest BCUT2D eigenvalue weighted by Gasteiger charge is -2.03. The Bertz CT molecular complexity index is 681. The average Bonchev–Trinajstić information content (AvgIpc) is 2.45. The number of benzene rings is 2. The molecule has 100 valence electrons. The van der Waals surface area contributed by atoms with E-state index in [1.165, 1.54) is 12.1 Å². The molecule has 0 spiro atoms.